The molecule has 130 valence electrons. The molecule has 26 heavy (non-hydrogen) atoms. The van der Waals surface area contributed by atoms with Gasteiger partial charge in [0.15, 0.2) is 5.82 Å². The van der Waals surface area contributed by atoms with Gasteiger partial charge in [-0.3, -0.25) is 5.32 Å². The van der Waals surface area contributed by atoms with E-state index in [9.17, 15) is 4.79 Å². The highest BCUT2D eigenvalue weighted by atomic mass is 16.2. The van der Waals surface area contributed by atoms with Crippen molar-refractivity contribution in [3.8, 4) is 12.0 Å². The number of carbonyl (C=O) groups excluding carboxylic acids is 1. The number of amides is 2. The van der Waals surface area contributed by atoms with Crippen molar-refractivity contribution >= 4 is 11.8 Å². The second kappa shape index (κ2) is 7.35. The molecule has 3 heterocycles. The maximum Gasteiger partial charge on any atom is 0.320 e. The molecule has 10 nitrogen and oxygen atoms in total. The maximum absolute atomic E-state index is 12.2. The smallest absolute Gasteiger partial charge is 0.320 e. The van der Waals surface area contributed by atoms with Crippen molar-refractivity contribution in [1.82, 2.24) is 35.0 Å². The summed E-state index contributed by atoms with van der Waals surface area (Å²) in [6.07, 6.45) is 4.56. The van der Waals surface area contributed by atoms with Gasteiger partial charge >= 0.3 is 6.03 Å². The van der Waals surface area contributed by atoms with Gasteiger partial charge < -0.3 is 5.32 Å². The second-order valence-corrected chi connectivity index (χ2v) is 5.34. The van der Waals surface area contributed by atoms with Crippen LogP contribution in [0.3, 0.4) is 0 Å². The van der Waals surface area contributed by atoms with E-state index in [-0.39, 0.29) is 0 Å². The summed E-state index contributed by atoms with van der Waals surface area (Å²) in [4.78, 5) is 28.8. The molecule has 0 saturated carbocycles. The molecule has 0 saturated heterocycles. The summed E-state index contributed by atoms with van der Waals surface area (Å²) in [7, 11) is 0. The molecule has 3 aromatic rings. The van der Waals surface area contributed by atoms with Crippen molar-refractivity contribution in [2.24, 2.45) is 0 Å². The van der Waals surface area contributed by atoms with Crippen LogP contribution in [0.1, 0.15) is 30.0 Å². The number of nitrogens with one attached hydrogen (secondary N) is 2. The number of aromatic nitrogens is 6. The number of aryl methyl sites for hydroxylation is 1. The molecule has 2 amide bonds. The Bertz CT molecular complexity index is 961. The molecule has 0 bridgehead atoms. The van der Waals surface area contributed by atoms with Crippen LogP contribution in [-0.4, -0.2) is 35.7 Å². The second-order valence-electron chi connectivity index (χ2n) is 5.34. The summed E-state index contributed by atoms with van der Waals surface area (Å²) in [6.45, 7) is 3.47. The Hall–Kier alpha value is -3.87. The molecule has 0 radical (unpaired) electrons. The van der Waals surface area contributed by atoms with E-state index in [1.54, 1.807) is 44.4 Å². The fourth-order valence-electron chi connectivity index (χ4n) is 2.26. The number of hydrogen-bond donors (Lipinski definition) is 2. The average molecular weight is 349 g/mol. The van der Waals surface area contributed by atoms with E-state index in [2.05, 4.69) is 35.7 Å². The normalized spacial score (nSPS) is 11.4. The lowest BCUT2D eigenvalue weighted by Gasteiger charge is -2.14. The van der Waals surface area contributed by atoms with Gasteiger partial charge in [0.05, 0.1) is 17.3 Å². The third-order valence-electron chi connectivity index (χ3n) is 3.50. The first-order valence-electron chi connectivity index (χ1n) is 7.71. The predicted molar refractivity (Wildman–Crippen MR) is 91.2 cm³/mol. The first-order valence-corrected chi connectivity index (χ1v) is 7.71. The standard InChI is InChI=1S/C16H15N9O/c1-10-12(8-17)4-5-13(22-10)24-16(26)23-11(2)14-20-9-21-25(14)15-18-6-3-7-19-15/h3-7,9,11H,1-2H3,(H2,22,23,24,26). The van der Waals surface area contributed by atoms with Gasteiger partial charge in [0.25, 0.3) is 5.95 Å². The van der Waals surface area contributed by atoms with E-state index in [0.717, 1.165) is 0 Å². The van der Waals surface area contributed by atoms with Gasteiger partial charge in [0.2, 0.25) is 0 Å². The van der Waals surface area contributed by atoms with Crippen LogP contribution < -0.4 is 10.6 Å². The molecule has 2 N–H and O–H groups in total. The molecule has 0 aromatic carbocycles. The zero-order valence-corrected chi connectivity index (χ0v) is 14.1. The Balaban J connectivity index is 1.70. The van der Waals surface area contributed by atoms with Gasteiger partial charge in [0.1, 0.15) is 18.2 Å². The number of carbonyl (C=O) groups is 1. The van der Waals surface area contributed by atoms with E-state index in [4.69, 9.17) is 5.26 Å². The first kappa shape index (κ1) is 17.0. The number of pyridine rings is 1. The molecular weight excluding hydrogens is 334 g/mol. The number of nitriles is 1. The van der Waals surface area contributed by atoms with Crippen molar-refractivity contribution in [3.05, 3.63) is 54.0 Å². The number of hydrogen-bond acceptors (Lipinski definition) is 7. The molecule has 0 fully saturated rings. The Labute approximate surface area is 149 Å². The lowest BCUT2D eigenvalue weighted by Crippen LogP contribution is -2.33. The Morgan fingerprint density at radius 1 is 1.27 bits per heavy atom. The van der Waals surface area contributed by atoms with E-state index >= 15 is 0 Å². The molecule has 0 aliphatic carbocycles. The summed E-state index contributed by atoms with van der Waals surface area (Å²) in [5.74, 6) is 1.19. The predicted octanol–water partition coefficient (Wildman–Crippen LogP) is 1.52. The molecule has 1 atom stereocenters. The Kier molecular flexibility index (Phi) is 4.80. The highest BCUT2D eigenvalue weighted by molar-refractivity contribution is 5.88. The van der Waals surface area contributed by atoms with Crippen LogP contribution in [0, 0.1) is 18.3 Å². The SMILES string of the molecule is Cc1nc(NC(=O)NC(C)c2ncnn2-c2ncccn2)ccc1C#N. The van der Waals surface area contributed by atoms with Gasteiger partial charge in [-0.2, -0.15) is 15.0 Å². The molecule has 1 unspecified atom stereocenters. The summed E-state index contributed by atoms with van der Waals surface area (Å²) in [6, 6.07) is 5.97. The van der Waals surface area contributed by atoms with E-state index < -0.39 is 12.1 Å². The van der Waals surface area contributed by atoms with Crippen LogP contribution in [0.4, 0.5) is 10.6 Å². The molecule has 0 aliphatic heterocycles. The number of rotatable bonds is 4. The van der Waals surface area contributed by atoms with Crippen molar-refractivity contribution in [2.75, 3.05) is 5.32 Å². The fraction of sp³-hybridized carbons (Fsp3) is 0.188. The maximum atomic E-state index is 12.2. The number of nitrogens with zero attached hydrogens (tertiary/aromatic N) is 7. The molecule has 0 spiro atoms. The van der Waals surface area contributed by atoms with Crippen LogP contribution >= 0.6 is 0 Å². The van der Waals surface area contributed by atoms with Crippen molar-refractivity contribution in [2.45, 2.75) is 19.9 Å². The molecule has 10 heteroatoms. The zero-order chi connectivity index (χ0) is 18.5. The number of urea groups is 1. The van der Waals surface area contributed by atoms with E-state index in [0.29, 0.717) is 28.8 Å². The minimum absolute atomic E-state index is 0.346. The topological polar surface area (TPSA) is 134 Å². The largest absolute Gasteiger partial charge is 0.328 e. The highest BCUT2D eigenvalue weighted by Crippen LogP contribution is 2.13. The number of anilines is 1. The zero-order valence-electron chi connectivity index (χ0n) is 14.1. The molecular formula is C16H15N9O. The van der Waals surface area contributed by atoms with Crippen LogP contribution in [0.15, 0.2) is 36.9 Å². The van der Waals surface area contributed by atoms with Gasteiger partial charge in [-0.1, -0.05) is 0 Å². The van der Waals surface area contributed by atoms with Gasteiger partial charge in [-0.25, -0.2) is 24.7 Å². The molecule has 3 rings (SSSR count). The van der Waals surface area contributed by atoms with Crippen LogP contribution in [0.25, 0.3) is 5.95 Å². The van der Waals surface area contributed by atoms with Crippen molar-refractivity contribution < 1.29 is 4.79 Å². The van der Waals surface area contributed by atoms with Gasteiger partial charge in [0, 0.05) is 12.4 Å². The molecule has 3 aromatic heterocycles. The summed E-state index contributed by atoms with van der Waals surface area (Å²) < 4.78 is 1.45. The fourth-order valence-corrected chi connectivity index (χ4v) is 2.26. The average Bonchev–Trinajstić information content (AvgIpc) is 3.12. The third kappa shape index (κ3) is 3.62. The third-order valence-corrected chi connectivity index (χ3v) is 3.50. The summed E-state index contributed by atoms with van der Waals surface area (Å²) >= 11 is 0. The summed E-state index contributed by atoms with van der Waals surface area (Å²) in [5, 5.41) is 18.4. The van der Waals surface area contributed by atoms with E-state index in [1.807, 2.05) is 6.07 Å². The first-order chi connectivity index (χ1) is 12.6. The molecule has 0 aliphatic rings. The van der Waals surface area contributed by atoms with Gasteiger partial charge in [-0.15, -0.1) is 0 Å². The van der Waals surface area contributed by atoms with Crippen LogP contribution in [-0.2, 0) is 0 Å². The Morgan fingerprint density at radius 2 is 2.04 bits per heavy atom. The lowest BCUT2D eigenvalue weighted by atomic mass is 10.2. The van der Waals surface area contributed by atoms with Gasteiger partial charge in [-0.05, 0) is 32.0 Å². The van der Waals surface area contributed by atoms with Crippen LogP contribution in [0.2, 0.25) is 0 Å². The monoisotopic (exact) mass is 349 g/mol. The van der Waals surface area contributed by atoms with Crippen molar-refractivity contribution in [1.29, 1.82) is 5.26 Å². The summed E-state index contributed by atoms with van der Waals surface area (Å²) in [5.41, 5.74) is 1.000. The van der Waals surface area contributed by atoms with Crippen molar-refractivity contribution in [3.63, 3.8) is 0 Å². The minimum Gasteiger partial charge on any atom is -0.328 e. The quantitative estimate of drug-likeness (QED) is 0.729. The Morgan fingerprint density at radius 3 is 2.73 bits per heavy atom. The van der Waals surface area contributed by atoms with Crippen LogP contribution in [0.5, 0.6) is 0 Å². The minimum atomic E-state index is -0.461. The lowest BCUT2D eigenvalue weighted by molar-refractivity contribution is 0.248. The van der Waals surface area contributed by atoms with E-state index in [1.165, 1.54) is 11.0 Å². The highest BCUT2D eigenvalue weighted by Gasteiger charge is 2.18.